The van der Waals surface area contributed by atoms with E-state index in [1.54, 1.807) is 37.3 Å². The van der Waals surface area contributed by atoms with Gasteiger partial charge in [-0.15, -0.1) is 9.19 Å². The molecule has 5 nitrogen and oxygen atoms in total. The van der Waals surface area contributed by atoms with Gasteiger partial charge in [-0.2, -0.15) is 8.42 Å². The lowest BCUT2D eigenvalue weighted by molar-refractivity contribution is 0.578. The molecule has 0 saturated carbocycles. The Morgan fingerprint density at radius 3 is 2.55 bits per heavy atom. The van der Waals surface area contributed by atoms with Crippen molar-refractivity contribution in [2.45, 2.75) is 31.6 Å². The molecule has 0 aliphatic carbocycles. The zero-order chi connectivity index (χ0) is 15.9. The standard InChI is InChI=1S/C16H17N3O2S/c1-11(2)13-9-8-12(3)16(10-13)22(20,21)19-15-7-5-4-6-14(15)17-18-19/h4-11H,1-3H3. The monoisotopic (exact) mass is 315 g/mol. The Bertz CT molecular complexity index is 943. The smallest absolute Gasteiger partial charge is 0.199 e. The van der Waals surface area contributed by atoms with Crippen LogP contribution in [0.4, 0.5) is 0 Å². The van der Waals surface area contributed by atoms with Gasteiger partial charge in [-0.1, -0.05) is 43.3 Å². The molecule has 1 aromatic heterocycles. The summed E-state index contributed by atoms with van der Waals surface area (Å²) in [6.07, 6.45) is 0. The fourth-order valence-electron chi connectivity index (χ4n) is 2.37. The van der Waals surface area contributed by atoms with E-state index in [9.17, 15) is 8.42 Å². The van der Waals surface area contributed by atoms with Crippen molar-refractivity contribution >= 4 is 21.1 Å². The molecule has 1 heterocycles. The van der Waals surface area contributed by atoms with E-state index in [2.05, 4.69) is 10.3 Å². The molecule has 3 aromatic rings. The van der Waals surface area contributed by atoms with Crippen molar-refractivity contribution in [1.29, 1.82) is 0 Å². The predicted molar refractivity (Wildman–Crippen MR) is 85.4 cm³/mol. The maximum Gasteiger partial charge on any atom is 0.285 e. The van der Waals surface area contributed by atoms with Crippen LogP contribution in [0.15, 0.2) is 47.4 Å². The maximum atomic E-state index is 13.0. The quantitative estimate of drug-likeness (QED) is 0.745. The fraction of sp³-hybridized carbons (Fsp3) is 0.250. The Morgan fingerprint density at radius 2 is 1.82 bits per heavy atom. The van der Waals surface area contributed by atoms with Gasteiger partial charge < -0.3 is 0 Å². The number of benzene rings is 2. The highest BCUT2D eigenvalue weighted by Gasteiger charge is 2.23. The average Bonchev–Trinajstić information content (AvgIpc) is 2.91. The van der Waals surface area contributed by atoms with Crippen molar-refractivity contribution in [3.05, 3.63) is 53.6 Å². The van der Waals surface area contributed by atoms with E-state index in [-0.39, 0.29) is 10.8 Å². The van der Waals surface area contributed by atoms with Crippen molar-refractivity contribution < 1.29 is 8.42 Å². The molecule has 6 heteroatoms. The number of nitrogens with zero attached hydrogens (tertiary/aromatic N) is 3. The lowest BCUT2D eigenvalue weighted by Crippen LogP contribution is -2.16. The molecule has 114 valence electrons. The molecule has 0 aliphatic heterocycles. The topological polar surface area (TPSA) is 64.8 Å². The van der Waals surface area contributed by atoms with Gasteiger partial charge in [0.15, 0.2) is 0 Å². The Labute approximate surface area is 129 Å². The van der Waals surface area contributed by atoms with E-state index in [0.717, 1.165) is 9.65 Å². The zero-order valence-electron chi connectivity index (χ0n) is 12.7. The van der Waals surface area contributed by atoms with Crippen LogP contribution < -0.4 is 0 Å². The lowest BCUT2D eigenvalue weighted by Gasteiger charge is -2.12. The summed E-state index contributed by atoms with van der Waals surface area (Å²) >= 11 is 0. The van der Waals surface area contributed by atoms with E-state index < -0.39 is 10.0 Å². The number of hydrogen-bond donors (Lipinski definition) is 0. The molecule has 0 amide bonds. The van der Waals surface area contributed by atoms with Gasteiger partial charge in [0.25, 0.3) is 10.0 Å². The Hall–Kier alpha value is -2.21. The second-order valence-electron chi connectivity index (χ2n) is 5.61. The van der Waals surface area contributed by atoms with Crippen LogP contribution in [-0.2, 0) is 10.0 Å². The van der Waals surface area contributed by atoms with Crippen LogP contribution in [0.1, 0.15) is 30.9 Å². The highest BCUT2D eigenvalue weighted by molar-refractivity contribution is 7.90. The van der Waals surface area contributed by atoms with Gasteiger partial charge in [-0.25, -0.2) is 0 Å². The summed E-state index contributed by atoms with van der Waals surface area (Å²) in [7, 11) is -3.77. The molecule has 0 unspecified atom stereocenters. The number of fused-ring (bicyclic) bond motifs is 1. The van der Waals surface area contributed by atoms with Crippen LogP contribution in [0.5, 0.6) is 0 Å². The van der Waals surface area contributed by atoms with Gasteiger partial charge in [0, 0.05) is 0 Å². The summed E-state index contributed by atoms with van der Waals surface area (Å²) in [6, 6.07) is 12.5. The number of aromatic nitrogens is 3. The SMILES string of the molecule is Cc1ccc(C(C)C)cc1S(=O)(=O)n1nnc2ccccc21. The molecule has 22 heavy (non-hydrogen) atoms. The number of para-hydroxylation sites is 1. The van der Waals surface area contributed by atoms with E-state index in [0.29, 0.717) is 16.6 Å². The first kappa shape index (κ1) is 14.7. The van der Waals surface area contributed by atoms with E-state index in [1.807, 2.05) is 26.0 Å². The Kier molecular flexibility index (Phi) is 3.48. The molecular weight excluding hydrogens is 298 g/mol. The first-order valence-electron chi connectivity index (χ1n) is 7.08. The Balaban J connectivity index is 2.24. The third-order valence-corrected chi connectivity index (χ3v) is 5.43. The molecule has 3 rings (SSSR count). The number of rotatable bonds is 3. The second kappa shape index (κ2) is 5.21. The van der Waals surface area contributed by atoms with E-state index in [4.69, 9.17) is 0 Å². The minimum Gasteiger partial charge on any atom is -0.199 e. The van der Waals surface area contributed by atoms with Crippen LogP contribution in [0, 0.1) is 6.92 Å². The first-order valence-corrected chi connectivity index (χ1v) is 8.52. The minimum absolute atomic E-state index is 0.252. The summed E-state index contributed by atoms with van der Waals surface area (Å²) in [6.45, 7) is 5.86. The number of aryl methyl sites for hydroxylation is 1. The van der Waals surface area contributed by atoms with Gasteiger partial charge in [-0.05, 0) is 42.2 Å². The zero-order valence-corrected chi connectivity index (χ0v) is 13.5. The van der Waals surface area contributed by atoms with Crippen molar-refractivity contribution in [2.24, 2.45) is 0 Å². The molecule has 2 aromatic carbocycles. The van der Waals surface area contributed by atoms with Crippen LogP contribution in [-0.4, -0.2) is 22.8 Å². The van der Waals surface area contributed by atoms with Crippen molar-refractivity contribution in [3.8, 4) is 0 Å². The van der Waals surface area contributed by atoms with Crippen LogP contribution in [0.2, 0.25) is 0 Å². The van der Waals surface area contributed by atoms with Gasteiger partial charge in [0.05, 0.1) is 4.90 Å². The summed E-state index contributed by atoms with van der Waals surface area (Å²) in [4.78, 5) is 0.273. The Morgan fingerprint density at radius 1 is 1.09 bits per heavy atom. The summed E-state index contributed by atoms with van der Waals surface area (Å²) in [5.74, 6) is 0.252. The number of hydrogen-bond acceptors (Lipinski definition) is 4. The van der Waals surface area contributed by atoms with E-state index in [1.165, 1.54) is 0 Å². The first-order chi connectivity index (χ1) is 10.4. The molecule has 0 bridgehead atoms. The van der Waals surface area contributed by atoms with Gasteiger partial charge in [-0.3, -0.25) is 0 Å². The molecule has 0 fully saturated rings. The van der Waals surface area contributed by atoms with Gasteiger partial charge >= 0.3 is 0 Å². The van der Waals surface area contributed by atoms with Gasteiger partial charge in [0.1, 0.15) is 11.0 Å². The molecule has 0 aliphatic rings. The normalized spacial score (nSPS) is 12.2. The van der Waals surface area contributed by atoms with E-state index >= 15 is 0 Å². The van der Waals surface area contributed by atoms with Crippen LogP contribution in [0.3, 0.4) is 0 Å². The summed E-state index contributed by atoms with van der Waals surface area (Å²) in [5, 5.41) is 7.77. The highest BCUT2D eigenvalue weighted by atomic mass is 32.2. The molecule has 0 atom stereocenters. The molecule has 0 N–H and O–H groups in total. The van der Waals surface area contributed by atoms with Crippen LogP contribution in [0.25, 0.3) is 11.0 Å². The predicted octanol–water partition coefficient (Wildman–Crippen LogP) is 3.10. The third-order valence-electron chi connectivity index (χ3n) is 3.71. The van der Waals surface area contributed by atoms with Crippen molar-refractivity contribution in [3.63, 3.8) is 0 Å². The largest absolute Gasteiger partial charge is 0.285 e. The van der Waals surface area contributed by atoms with Crippen molar-refractivity contribution in [2.75, 3.05) is 0 Å². The van der Waals surface area contributed by atoms with Gasteiger partial charge in [0.2, 0.25) is 0 Å². The highest BCUT2D eigenvalue weighted by Crippen LogP contribution is 2.25. The summed E-state index contributed by atoms with van der Waals surface area (Å²) in [5.41, 5.74) is 2.72. The average molecular weight is 315 g/mol. The van der Waals surface area contributed by atoms with Crippen LogP contribution >= 0.6 is 0 Å². The molecule has 0 saturated heterocycles. The summed E-state index contributed by atoms with van der Waals surface area (Å²) < 4.78 is 26.9. The lowest BCUT2D eigenvalue weighted by atomic mass is 10.0. The molecule has 0 radical (unpaired) electrons. The second-order valence-corrected chi connectivity index (χ2v) is 7.34. The maximum absolute atomic E-state index is 13.0. The van der Waals surface area contributed by atoms with Crippen molar-refractivity contribution in [1.82, 2.24) is 14.4 Å². The minimum atomic E-state index is -3.77. The fourth-order valence-corrected chi connectivity index (χ4v) is 3.86. The molecular formula is C16H17N3O2S. The molecule has 0 spiro atoms. The third kappa shape index (κ3) is 2.29.